The van der Waals surface area contributed by atoms with E-state index in [0.717, 1.165) is 13.2 Å². The third kappa shape index (κ3) is 4.76. The van der Waals surface area contributed by atoms with Gasteiger partial charge in [0.05, 0.1) is 20.3 Å². The largest absolute Gasteiger partial charge is 0.504 e. The van der Waals surface area contributed by atoms with Gasteiger partial charge in [0.15, 0.2) is 17.1 Å². The molecule has 1 aromatic rings. The molecule has 1 aromatic carbocycles. The van der Waals surface area contributed by atoms with Gasteiger partial charge in [0.2, 0.25) is 0 Å². The highest BCUT2D eigenvalue weighted by molar-refractivity contribution is 5.87. The number of carbonyl (C=O) groups excluding carboxylic acids is 2. The molecule has 2 rings (SSSR count). The molecule has 0 bridgehead atoms. The van der Waals surface area contributed by atoms with Gasteiger partial charge in [-0.05, 0) is 23.8 Å². The number of aliphatic hydroxyl groups is 3. The van der Waals surface area contributed by atoms with Crippen LogP contribution < -0.4 is 4.74 Å². The molecule has 0 aliphatic heterocycles. The molecule has 148 valence electrons. The molecule has 0 amide bonds. The molecule has 1 saturated carbocycles. The highest BCUT2D eigenvalue weighted by Crippen LogP contribution is 2.32. The fraction of sp³-hybridized carbons (Fsp3) is 0.444. The lowest BCUT2D eigenvalue weighted by atomic mass is 9.79. The van der Waals surface area contributed by atoms with Crippen LogP contribution >= 0.6 is 0 Å². The van der Waals surface area contributed by atoms with E-state index in [-0.39, 0.29) is 11.5 Å². The van der Waals surface area contributed by atoms with Crippen LogP contribution in [0, 0.1) is 0 Å². The molecule has 1 fully saturated rings. The summed E-state index contributed by atoms with van der Waals surface area (Å²) in [4.78, 5) is 23.7. The Hall–Kier alpha value is -2.62. The number of aromatic hydroxyl groups is 1. The average molecular weight is 382 g/mol. The number of carbonyl (C=O) groups is 2. The van der Waals surface area contributed by atoms with Gasteiger partial charge in [-0.15, -0.1) is 0 Å². The Kier molecular flexibility index (Phi) is 6.42. The Morgan fingerprint density at radius 2 is 1.93 bits per heavy atom. The number of benzene rings is 1. The Bertz CT molecular complexity index is 730. The maximum Gasteiger partial charge on any atom is 0.338 e. The first-order valence-electron chi connectivity index (χ1n) is 8.13. The Morgan fingerprint density at radius 3 is 2.52 bits per heavy atom. The van der Waals surface area contributed by atoms with Crippen molar-refractivity contribution in [1.29, 1.82) is 0 Å². The van der Waals surface area contributed by atoms with E-state index in [1.54, 1.807) is 6.07 Å². The fourth-order valence-electron chi connectivity index (χ4n) is 2.88. The molecule has 27 heavy (non-hydrogen) atoms. The van der Waals surface area contributed by atoms with Gasteiger partial charge in [-0.25, -0.2) is 9.59 Å². The molecule has 4 N–H and O–H groups in total. The summed E-state index contributed by atoms with van der Waals surface area (Å²) in [6, 6.07) is 4.48. The molecule has 0 heterocycles. The molecule has 0 saturated heterocycles. The highest BCUT2D eigenvalue weighted by Gasteiger charge is 2.50. The van der Waals surface area contributed by atoms with Crippen molar-refractivity contribution in [3.8, 4) is 11.5 Å². The van der Waals surface area contributed by atoms with Crippen molar-refractivity contribution in [2.45, 2.75) is 36.8 Å². The maximum atomic E-state index is 12.0. The zero-order valence-corrected chi connectivity index (χ0v) is 14.9. The minimum absolute atomic E-state index is 0.109. The summed E-state index contributed by atoms with van der Waals surface area (Å²) in [5, 5.41) is 39.9. The van der Waals surface area contributed by atoms with E-state index >= 15 is 0 Å². The lowest BCUT2D eigenvalue weighted by Crippen LogP contribution is -2.57. The Labute approximate surface area is 155 Å². The van der Waals surface area contributed by atoms with Gasteiger partial charge < -0.3 is 34.6 Å². The van der Waals surface area contributed by atoms with Crippen LogP contribution in [-0.4, -0.2) is 70.5 Å². The van der Waals surface area contributed by atoms with Crippen molar-refractivity contribution < 1.29 is 44.2 Å². The molecule has 0 aromatic heterocycles. The van der Waals surface area contributed by atoms with E-state index in [1.165, 1.54) is 25.3 Å². The SMILES string of the molecule is COC(=O)[C@@]1(O)C[C@@H](O)[C@H](O)[C@H](OC(=O)C=Cc2ccc(OC)c(O)c2)C1. The summed E-state index contributed by atoms with van der Waals surface area (Å²) in [5.74, 6) is -1.69. The topological polar surface area (TPSA) is 143 Å². The maximum absolute atomic E-state index is 12.0. The Balaban J connectivity index is 2.06. The number of aliphatic hydroxyl groups excluding tert-OH is 2. The van der Waals surface area contributed by atoms with Gasteiger partial charge in [0.25, 0.3) is 0 Å². The highest BCUT2D eigenvalue weighted by atomic mass is 16.6. The molecule has 0 spiro atoms. The normalized spacial score (nSPS) is 28.0. The van der Waals surface area contributed by atoms with Crippen LogP contribution in [0.15, 0.2) is 24.3 Å². The fourth-order valence-corrected chi connectivity index (χ4v) is 2.88. The minimum atomic E-state index is -2.07. The first-order valence-corrected chi connectivity index (χ1v) is 8.13. The van der Waals surface area contributed by atoms with Crippen molar-refractivity contribution in [3.05, 3.63) is 29.8 Å². The predicted octanol–water partition coefficient (Wildman–Crippen LogP) is -0.255. The van der Waals surface area contributed by atoms with Crippen LogP contribution in [0.5, 0.6) is 11.5 Å². The predicted molar refractivity (Wildman–Crippen MR) is 91.8 cm³/mol. The van der Waals surface area contributed by atoms with Crippen LogP contribution in [0.4, 0.5) is 0 Å². The molecule has 0 unspecified atom stereocenters. The second-order valence-corrected chi connectivity index (χ2v) is 6.23. The molecule has 9 heteroatoms. The lowest BCUT2D eigenvalue weighted by Gasteiger charge is -2.39. The average Bonchev–Trinajstić information content (AvgIpc) is 2.63. The number of rotatable bonds is 5. The van der Waals surface area contributed by atoms with Gasteiger partial charge in [-0.1, -0.05) is 6.07 Å². The number of esters is 2. The van der Waals surface area contributed by atoms with Crippen LogP contribution in [-0.2, 0) is 19.1 Å². The molecule has 9 nitrogen and oxygen atoms in total. The monoisotopic (exact) mass is 382 g/mol. The van der Waals surface area contributed by atoms with Crippen LogP contribution in [0.1, 0.15) is 18.4 Å². The van der Waals surface area contributed by atoms with Crippen molar-refractivity contribution in [2.75, 3.05) is 14.2 Å². The van der Waals surface area contributed by atoms with Crippen molar-refractivity contribution >= 4 is 18.0 Å². The summed E-state index contributed by atoms with van der Waals surface area (Å²) < 4.78 is 14.5. The van der Waals surface area contributed by atoms with E-state index in [2.05, 4.69) is 4.74 Å². The second kappa shape index (κ2) is 8.38. The van der Waals surface area contributed by atoms with Gasteiger partial charge in [0, 0.05) is 18.9 Å². The minimum Gasteiger partial charge on any atom is -0.504 e. The van der Waals surface area contributed by atoms with Crippen LogP contribution in [0.2, 0.25) is 0 Å². The van der Waals surface area contributed by atoms with E-state index in [0.29, 0.717) is 5.56 Å². The number of ether oxygens (including phenoxy) is 3. The molecular formula is C18H22O9. The number of phenolic OH excluding ortho intramolecular Hbond substituents is 1. The summed E-state index contributed by atoms with van der Waals surface area (Å²) in [7, 11) is 2.48. The van der Waals surface area contributed by atoms with Crippen LogP contribution in [0.25, 0.3) is 6.08 Å². The van der Waals surface area contributed by atoms with Gasteiger partial charge >= 0.3 is 11.9 Å². The van der Waals surface area contributed by atoms with E-state index in [4.69, 9.17) is 9.47 Å². The smallest absolute Gasteiger partial charge is 0.338 e. The zero-order chi connectivity index (χ0) is 20.2. The van der Waals surface area contributed by atoms with Crippen molar-refractivity contribution in [2.24, 2.45) is 0 Å². The lowest BCUT2D eigenvalue weighted by molar-refractivity contribution is -0.198. The molecule has 1 aliphatic carbocycles. The third-order valence-electron chi connectivity index (χ3n) is 4.31. The number of methoxy groups -OCH3 is 2. The molecular weight excluding hydrogens is 360 g/mol. The number of hydrogen-bond donors (Lipinski definition) is 4. The number of hydrogen-bond acceptors (Lipinski definition) is 9. The molecule has 4 atom stereocenters. The second-order valence-electron chi connectivity index (χ2n) is 6.23. The van der Waals surface area contributed by atoms with Gasteiger partial charge in [0.1, 0.15) is 12.2 Å². The van der Waals surface area contributed by atoms with E-state index in [9.17, 15) is 30.0 Å². The Morgan fingerprint density at radius 1 is 1.22 bits per heavy atom. The molecule has 1 aliphatic rings. The van der Waals surface area contributed by atoms with Crippen molar-refractivity contribution in [3.63, 3.8) is 0 Å². The van der Waals surface area contributed by atoms with E-state index < -0.39 is 48.7 Å². The standard InChI is InChI=1S/C18H22O9/c1-25-13-5-3-10(7-11(13)19)4-6-15(21)27-14-9-18(24,17(23)26-2)8-12(20)16(14)22/h3-7,12,14,16,19-20,22,24H,8-9H2,1-2H3/t12-,14-,16+,18-/m1/s1. The third-order valence-corrected chi connectivity index (χ3v) is 4.31. The van der Waals surface area contributed by atoms with Gasteiger partial charge in [-0.3, -0.25) is 0 Å². The summed E-state index contributed by atoms with van der Waals surface area (Å²) in [5.41, 5.74) is -1.58. The summed E-state index contributed by atoms with van der Waals surface area (Å²) in [6.45, 7) is 0. The molecule has 0 radical (unpaired) electrons. The van der Waals surface area contributed by atoms with Crippen LogP contribution in [0.3, 0.4) is 0 Å². The number of phenols is 1. The van der Waals surface area contributed by atoms with Gasteiger partial charge in [-0.2, -0.15) is 0 Å². The summed E-state index contributed by atoms with van der Waals surface area (Å²) >= 11 is 0. The van der Waals surface area contributed by atoms with E-state index in [1.807, 2.05) is 0 Å². The summed E-state index contributed by atoms with van der Waals surface area (Å²) in [6.07, 6.45) is -2.68. The zero-order valence-electron chi connectivity index (χ0n) is 14.9. The first kappa shape index (κ1) is 20.7. The quantitative estimate of drug-likeness (QED) is 0.400. The first-order chi connectivity index (χ1) is 12.7. The van der Waals surface area contributed by atoms with Crippen molar-refractivity contribution in [1.82, 2.24) is 0 Å².